The van der Waals surface area contributed by atoms with Gasteiger partial charge in [-0.3, -0.25) is 14.4 Å². The highest BCUT2D eigenvalue weighted by Crippen LogP contribution is 2.61. The van der Waals surface area contributed by atoms with Gasteiger partial charge in [0.15, 0.2) is 0 Å². The molecule has 1 heterocycles. The fraction of sp³-hybridized carbons (Fsp3) is 0.605. The van der Waals surface area contributed by atoms with Gasteiger partial charge in [-0.25, -0.2) is 4.79 Å². The third kappa shape index (κ3) is 7.02. The van der Waals surface area contributed by atoms with Crippen molar-refractivity contribution in [1.82, 2.24) is 20.6 Å². The van der Waals surface area contributed by atoms with Crippen LogP contribution in [-0.4, -0.2) is 106 Å². The highest BCUT2D eigenvalue weighted by molar-refractivity contribution is 5.97. The standard InChI is InChI=1S/C38H55N5O7/c1-21-29-17-26(38(29,3)4)18-30(21)40-36(46)33-32(22(2)49-37(47)42(8)9)31(20-44)50-43(33)19-23-12-11-13-28(34(23)48-10)24-14-25(35(45)39-5)16-27(15-24)41(6)7/h11-16,21-22,26,29-33,44H,17-20H2,1-10H3,(H,39,45)(H,40,46)/t21-,22-,26+,29-,30-,31-,32+,33-/m0/s1. The number of anilines is 1. The van der Waals surface area contributed by atoms with Crippen LogP contribution in [0.3, 0.4) is 0 Å². The lowest BCUT2D eigenvalue weighted by Crippen LogP contribution is -2.62. The first-order valence-electron chi connectivity index (χ1n) is 17.6. The molecule has 3 amide bonds. The summed E-state index contributed by atoms with van der Waals surface area (Å²) in [4.78, 5) is 49.5. The van der Waals surface area contributed by atoms with Crippen LogP contribution < -0.4 is 20.3 Å². The van der Waals surface area contributed by atoms with Gasteiger partial charge in [0.2, 0.25) is 5.91 Å². The Morgan fingerprint density at radius 3 is 2.42 bits per heavy atom. The quantitative estimate of drug-likeness (QED) is 0.318. The number of aliphatic hydroxyl groups is 1. The highest BCUT2D eigenvalue weighted by Gasteiger charge is 2.57. The van der Waals surface area contributed by atoms with Crippen LogP contribution in [0.1, 0.15) is 56.5 Å². The van der Waals surface area contributed by atoms with E-state index in [1.54, 1.807) is 40.2 Å². The van der Waals surface area contributed by atoms with E-state index in [0.717, 1.165) is 28.8 Å². The molecule has 3 aliphatic carbocycles. The molecule has 50 heavy (non-hydrogen) atoms. The van der Waals surface area contributed by atoms with Crippen molar-refractivity contribution >= 4 is 23.6 Å². The molecule has 274 valence electrons. The van der Waals surface area contributed by atoms with Crippen LogP contribution in [0.15, 0.2) is 36.4 Å². The highest BCUT2D eigenvalue weighted by atomic mass is 16.7. The molecule has 0 radical (unpaired) electrons. The Kier molecular flexibility index (Phi) is 11.0. The van der Waals surface area contributed by atoms with E-state index in [0.29, 0.717) is 29.1 Å². The molecule has 0 unspecified atom stereocenters. The second kappa shape index (κ2) is 14.8. The molecular formula is C38H55N5O7. The van der Waals surface area contributed by atoms with E-state index in [-0.39, 0.29) is 36.4 Å². The lowest BCUT2D eigenvalue weighted by atomic mass is 9.45. The Morgan fingerprint density at radius 2 is 1.84 bits per heavy atom. The second-order valence-electron chi connectivity index (χ2n) is 15.2. The predicted molar refractivity (Wildman–Crippen MR) is 192 cm³/mol. The van der Waals surface area contributed by atoms with Crippen LogP contribution in [0.4, 0.5) is 10.5 Å². The van der Waals surface area contributed by atoms with Crippen LogP contribution >= 0.6 is 0 Å². The maximum Gasteiger partial charge on any atom is 0.409 e. The van der Waals surface area contributed by atoms with Gasteiger partial charge in [0.1, 0.15) is 24.0 Å². The molecule has 8 atom stereocenters. The van der Waals surface area contributed by atoms with Crippen LogP contribution in [0.5, 0.6) is 5.75 Å². The Balaban J connectivity index is 1.50. The first-order chi connectivity index (χ1) is 23.6. The maximum absolute atomic E-state index is 14.5. The summed E-state index contributed by atoms with van der Waals surface area (Å²) in [5, 5.41) is 18.2. The third-order valence-corrected chi connectivity index (χ3v) is 11.6. The molecule has 4 aliphatic rings. The number of carbonyl (C=O) groups excluding carboxylic acids is 3. The SMILES string of the molecule is CNC(=O)c1cc(-c2cccc(CN3O[C@@H](CO)[C@@H]([C@H](C)OC(=O)N(C)C)[C@H]3C(=O)N[C@H]3C[C@H]4C[C@@H]([C@@H]3C)C4(C)C)c2OC)cc(N(C)C)c1. The number of hydrogen-bond acceptors (Lipinski definition) is 9. The molecule has 12 heteroatoms. The number of aliphatic hydroxyl groups excluding tert-OH is 1. The van der Waals surface area contributed by atoms with Crippen molar-refractivity contribution in [3.63, 3.8) is 0 Å². The van der Waals surface area contributed by atoms with E-state index in [1.165, 1.54) is 11.3 Å². The molecule has 1 saturated heterocycles. The second-order valence-corrected chi connectivity index (χ2v) is 15.2. The van der Waals surface area contributed by atoms with E-state index in [4.69, 9.17) is 14.3 Å². The Hall–Kier alpha value is -3.87. The largest absolute Gasteiger partial charge is 0.496 e. The zero-order chi connectivity index (χ0) is 36.7. The van der Waals surface area contributed by atoms with Gasteiger partial charge in [0.25, 0.3) is 5.91 Å². The fourth-order valence-corrected chi connectivity index (χ4v) is 8.46. The van der Waals surface area contributed by atoms with Gasteiger partial charge in [0, 0.05) is 63.7 Å². The number of fused-ring (bicyclic) bond motifs is 2. The van der Waals surface area contributed by atoms with E-state index >= 15 is 0 Å². The average molecular weight is 694 g/mol. The number of para-hydroxylation sites is 1. The molecule has 0 spiro atoms. The number of methoxy groups -OCH3 is 1. The van der Waals surface area contributed by atoms with Crippen molar-refractivity contribution < 1.29 is 33.8 Å². The van der Waals surface area contributed by atoms with Gasteiger partial charge in [-0.2, -0.15) is 5.06 Å². The minimum Gasteiger partial charge on any atom is -0.496 e. The molecule has 2 aromatic rings. The van der Waals surface area contributed by atoms with Crippen LogP contribution in [0, 0.1) is 29.1 Å². The number of hydroxylamine groups is 2. The molecular weight excluding hydrogens is 638 g/mol. The summed E-state index contributed by atoms with van der Waals surface area (Å²) < 4.78 is 11.8. The summed E-state index contributed by atoms with van der Waals surface area (Å²) >= 11 is 0. The number of nitrogens with zero attached hydrogens (tertiary/aromatic N) is 3. The minimum atomic E-state index is -0.874. The summed E-state index contributed by atoms with van der Waals surface area (Å²) in [6.45, 7) is 8.39. The predicted octanol–water partition coefficient (Wildman–Crippen LogP) is 4.15. The summed E-state index contributed by atoms with van der Waals surface area (Å²) in [6.07, 6.45) is 0.00485. The Labute approximate surface area is 296 Å². The van der Waals surface area contributed by atoms with Gasteiger partial charge in [0.05, 0.1) is 26.2 Å². The average Bonchev–Trinajstić information content (AvgIpc) is 3.46. The first kappa shape index (κ1) is 37.4. The lowest BCUT2D eigenvalue weighted by Gasteiger charge is -2.62. The van der Waals surface area contributed by atoms with E-state index in [9.17, 15) is 19.5 Å². The molecule has 2 bridgehead atoms. The number of amides is 3. The molecule has 2 aromatic carbocycles. The van der Waals surface area contributed by atoms with Gasteiger partial charge < -0.3 is 35.0 Å². The van der Waals surface area contributed by atoms with E-state index < -0.39 is 30.3 Å². The van der Waals surface area contributed by atoms with Crippen molar-refractivity contribution in [3.8, 4) is 16.9 Å². The number of hydrogen-bond donors (Lipinski definition) is 3. The Morgan fingerprint density at radius 1 is 1.12 bits per heavy atom. The summed E-state index contributed by atoms with van der Waals surface area (Å²) in [5.74, 6) is 0.864. The lowest BCUT2D eigenvalue weighted by molar-refractivity contribution is -0.183. The summed E-state index contributed by atoms with van der Waals surface area (Å²) in [7, 11) is 10.2. The number of carbonyl (C=O) groups is 3. The van der Waals surface area contributed by atoms with Gasteiger partial charge >= 0.3 is 6.09 Å². The van der Waals surface area contributed by atoms with Crippen LogP contribution in [0.2, 0.25) is 0 Å². The molecule has 6 rings (SSSR count). The van der Waals surface area contributed by atoms with Crippen molar-refractivity contribution in [2.75, 3.05) is 53.9 Å². The molecule has 3 saturated carbocycles. The monoisotopic (exact) mass is 693 g/mol. The number of nitrogens with one attached hydrogen (secondary N) is 2. The van der Waals surface area contributed by atoms with Crippen molar-refractivity contribution in [1.29, 1.82) is 0 Å². The van der Waals surface area contributed by atoms with Gasteiger partial charge in [-0.05, 0) is 66.7 Å². The zero-order valence-corrected chi connectivity index (χ0v) is 31.1. The van der Waals surface area contributed by atoms with Crippen LogP contribution in [-0.2, 0) is 20.9 Å². The van der Waals surface area contributed by atoms with Crippen molar-refractivity contribution in [3.05, 3.63) is 47.5 Å². The molecule has 0 aromatic heterocycles. The molecule has 4 fully saturated rings. The van der Waals surface area contributed by atoms with Crippen molar-refractivity contribution in [2.45, 2.75) is 71.4 Å². The Bertz CT molecular complexity index is 1580. The van der Waals surface area contributed by atoms with Crippen molar-refractivity contribution in [2.24, 2.45) is 29.1 Å². The molecule has 3 N–H and O–H groups in total. The third-order valence-electron chi connectivity index (χ3n) is 11.6. The topological polar surface area (TPSA) is 133 Å². The van der Waals surface area contributed by atoms with Crippen LogP contribution in [0.25, 0.3) is 11.1 Å². The minimum absolute atomic E-state index is 0.00550. The first-order valence-corrected chi connectivity index (χ1v) is 17.6. The number of ether oxygens (including phenoxy) is 2. The maximum atomic E-state index is 14.5. The zero-order valence-electron chi connectivity index (χ0n) is 31.1. The molecule has 12 nitrogen and oxygen atoms in total. The fourth-order valence-electron chi connectivity index (χ4n) is 8.46. The smallest absolute Gasteiger partial charge is 0.409 e. The number of benzene rings is 2. The van der Waals surface area contributed by atoms with Gasteiger partial charge in [-0.15, -0.1) is 0 Å². The van der Waals surface area contributed by atoms with E-state index in [1.807, 2.05) is 55.4 Å². The molecule has 1 aliphatic heterocycles. The normalized spacial score (nSPS) is 27.5. The summed E-state index contributed by atoms with van der Waals surface area (Å²) in [6, 6.07) is 10.5. The van der Waals surface area contributed by atoms with Gasteiger partial charge in [-0.1, -0.05) is 39.0 Å². The number of rotatable bonds is 11. The van der Waals surface area contributed by atoms with E-state index in [2.05, 4.69) is 31.4 Å². The summed E-state index contributed by atoms with van der Waals surface area (Å²) in [5.41, 5.74) is 3.91.